The Morgan fingerprint density at radius 1 is 1.32 bits per heavy atom. The van der Waals surface area contributed by atoms with Gasteiger partial charge in [-0.05, 0) is 19.3 Å². The first-order valence-corrected chi connectivity index (χ1v) is 9.59. The van der Waals surface area contributed by atoms with Gasteiger partial charge in [-0.2, -0.15) is 5.10 Å². The highest BCUT2D eigenvalue weighted by molar-refractivity contribution is 6.29. The van der Waals surface area contributed by atoms with Gasteiger partial charge in [0.1, 0.15) is 12.1 Å². The predicted molar refractivity (Wildman–Crippen MR) is 105 cm³/mol. The van der Waals surface area contributed by atoms with Crippen LogP contribution in [0.2, 0.25) is 5.15 Å². The van der Waals surface area contributed by atoms with E-state index in [4.69, 9.17) is 16.3 Å². The number of fused-ring (bicyclic) bond motifs is 1. The molecule has 0 spiro atoms. The number of aromatic nitrogens is 5. The van der Waals surface area contributed by atoms with Gasteiger partial charge in [0.25, 0.3) is 5.91 Å². The number of carbonyl (C=O) groups excluding carboxylic acids is 1. The van der Waals surface area contributed by atoms with Crippen molar-refractivity contribution >= 4 is 34.7 Å². The summed E-state index contributed by atoms with van der Waals surface area (Å²) in [6.45, 7) is 2.64. The highest BCUT2D eigenvalue weighted by Crippen LogP contribution is 2.28. The maximum Gasteiger partial charge on any atom is 0.277 e. The molecule has 1 aliphatic carbocycles. The van der Waals surface area contributed by atoms with Crippen LogP contribution in [0.15, 0.2) is 24.7 Å². The van der Waals surface area contributed by atoms with Crippen molar-refractivity contribution in [3.8, 4) is 5.88 Å². The average Bonchev–Trinajstić information content (AvgIpc) is 3.38. The number of anilines is 2. The van der Waals surface area contributed by atoms with E-state index >= 15 is 0 Å². The van der Waals surface area contributed by atoms with Crippen LogP contribution in [0.1, 0.15) is 43.1 Å². The molecule has 3 aromatic rings. The van der Waals surface area contributed by atoms with Gasteiger partial charge in [0.05, 0.1) is 18.5 Å². The minimum Gasteiger partial charge on any atom is -0.478 e. The molecule has 1 aliphatic rings. The number of hydrogen-bond donors (Lipinski definition) is 2. The lowest BCUT2D eigenvalue weighted by atomic mass is 10.4. The SMILES string of the molecule is CCCCOc1cc(NC(=O)c2cnc3c(NC4CC4)cc(Cl)nn23)ncn1. The van der Waals surface area contributed by atoms with E-state index in [2.05, 4.69) is 37.6 Å². The second kappa shape index (κ2) is 7.97. The molecule has 3 heterocycles. The Labute approximate surface area is 166 Å². The van der Waals surface area contributed by atoms with Gasteiger partial charge in [-0.25, -0.2) is 19.5 Å². The van der Waals surface area contributed by atoms with Crippen molar-refractivity contribution in [1.82, 2.24) is 24.6 Å². The summed E-state index contributed by atoms with van der Waals surface area (Å²) in [7, 11) is 0. The molecule has 0 aliphatic heterocycles. The quantitative estimate of drug-likeness (QED) is 0.558. The fraction of sp³-hybridized carbons (Fsp3) is 0.389. The summed E-state index contributed by atoms with van der Waals surface area (Å²) in [5, 5.41) is 10.6. The van der Waals surface area contributed by atoms with Crippen LogP contribution in [-0.4, -0.2) is 43.1 Å². The number of halogens is 1. The van der Waals surface area contributed by atoms with Gasteiger partial charge >= 0.3 is 0 Å². The van der Waals surface area contributed by atoms with Crippen LogP contribution in [0.3, 0.4) is 0 Å². The molecule has 0 atom stereocenters. The number of unbranched alkanes of at least 4 members (excludes halogenated alkanes) is 1. The van der Waals surface area contributed by atoms with Crippen molar-refractivity contribution in [1.29, 1.82) is 0 Å². The lowest BCUT2D eigenvalue weighted by molar-refractivity contribution is 0.102. The van der Waals surface area contributed by atoms with E-state index in [0.717, 1.165) is 31.4 Å². The van der Waals surface area contributed by atoms with Gasteiger partial charge < -0.3 is 15.4 Å². The van der Waals surface area contributed by atoms with Crippen LogP contribution >= 0.6 is 11.6 Å². The molecule has 3 aromatic heterocycles. The Hall–Kier alpha value is -2.94. The number of amides is 1. The zero-order chi connectivity index (χ0) is 19.5. The van der Waals surface area contributed by atoms with Crippen LogP contribution in [-0.2, 0) is 0 Å². The molecule has 10 heteroatoms. The maximum absolute atomic E-state index is 12.7. The van der Waals surface area contributed by atoms with E-state index < -0.39 is 5.91 Å². The Morgan fingerprint density at radius 2 is 2.18 bits per heavy atom. The molecular formula is C18H20ClN7O2. The zero-order valence-electron chi connectivity index (χ0n) is 15.4. The number of nitrogens with zero attached hydrogens (tertiary/aromatic N) is 5. The van der Waals surface area contributed by atoms with E-state index in [-0.39, 0.29) is 10.8 Å². The maximum atomic E-state index is 12.7. The molecule has 1 fully saturated rings. The summed E-state index contributed by atoms with van der Waals surface area (Å²) in [6.07, 6.45) is 6.98. The molecule has 0 saturated heterocycles. The molecule has 1 saturated carbocycles. The number of imidazole rings is 1. The first-order valence-electron chi connectivity index (χ1n) is 9.21. The minimum atomic E-state index is -0.405. The summed E-state index contributed by atoms with van der Waals surface area (Å²) in [6, 6.07) is 3.72. The molecule has 1 amide bonds. The number of carbonyl (C=O) groups is 1. The van der Waals surface area contributed by atoms with E-state index in [9.17, 15) is 4.79 Å². The smallest absolute Gasteiger partial charge is 0.277 e. The summed E-state index contributed by atoms with van der Waals surface area (Å²) < 4.78 is 6.98. The summed E-state index contributed by atoms with van der Waals surface area (Å²) in [5.74, 6) is 0.339. The van der Waals surface area contributed by atoms with Gasteiger partial charge in [0, 0.05) is 18.2 Å². The molecule has 9 nitrogen and oxygen atoms in total. The topological polar surface area (TPSA) is 106 Å². The summed E-state index contributed by atoms with van der Waals surface area (Å²) in [4.78, 5) is 25.2. The zero-order valence-corrected chi connectivity index (χ0v) is 16.1. The largest absolute Gasteiger partial charge is 0.478 e. The van der Waals surface area contributed by atoms with Gasteiger partial charge in [0.2, 0.25) is 5.88 Å². The van der Waals surface area contributed by atoms with Crippen molar-refractivity contribution in [3.63, 3.8) is 0 Å². The van der Waals surface area contributed by atoms with Crippen LogP contribution in [0.4, 0.5) is 11.5 Å². The molecule has 28 heavy (non-hydrogen) atoms. The molecule has 0 unspecified atom stereocenters. The van der Waals surface area contributed by atoms with Gasteiger partial charge in [-0.15, -0.1) is 0 Å². The molecule has 0 bridgehead atoms. The van der Waals surface area contributed by atoms with E-state index in [1.807, 2.05) is 0 Å². The molecule has 2 N–H and O–H groups in total. The molecule has 146 valence electrons. The number of rotatable bonds is 8. The van der Waals surface area contributed by atoms with Crippen LogP contribution in [0, 0.1) is 0 Å². The third-order valence-corrected chi connectivity index (χ3v) is 4.42. The minimum absolute atomic E-state index is 0.253. The number of nitrogens with one attached hydrogen (secondary N) is 2. The van der Waals surface area contributed by atoms with Crippen LogP contribution in [0.25, 0.3) is 5.65 Å². The first-order chi connectivity index (χ1) is 13.6. The predicted octanol–water partition coefficient (Wildman–Crippen LogP) is 3.18. The summed E-state index contributed by atoms with van der Waals surface area (Å²) in [5.41, 5.74) is 1.56. The Kier molecular flexibility index (Phi) is 5.25. The van der Waals surface area contributed by atoms with Crippen LogP contribution in [0.5, 0.6) is 5.88 Å². The van der Waals surface area contributed by atoms with Crippen LogP contribution < -0.4 is 15.4 Å². The third-order valence-electron chi connectivity index (χ3n) is 4.24. The highest BCUT2D eigenvalue weighted by Gasteiger charge is 2.24. The number of ether oxygens (including phenoxy) is 1. The molecule has 0 aromatic carbocycles. The van der Waals surface area contributed by atoms with E-state index in [1.54, 1.807) is 12.1 Å². The molecular weight excluding hydrogens is 382 g/mol. The van der Waals surface area contributed by atoms with Gasteiger partial charge in [-0.1, -0.05) is 24.9 Å². The van der Waals surface area contributed by atoms with Gasteiger partial charge in [0.15, 0.2) is 16.5 Å². The van der Waals surface area contributed by atoms with E-state index in [0.29, 0.717) is 30.0 Å². The lowest BCUT2D eigenvalue weighted by Crippen LogP contribution is -2.17. The summed E-state index contributed by atoms with van der Waals surface area (Å²) >= 11 is 6.13. The average molecular weight is 402 g/mol. The number of hydrogen-bond acceptors (Lipinski definition) is 7. The molecule has 0 radical (unpaired) electrons. The van der Waals surface area contributed by atoms with Crippen molar-refractivity contribution in [3.05, 3.63) is 35.5 Å². The van der Waals surface area contributed by atoms with Gasteiger partial charge in [-0.3, -0.25) is 4.79 Å². The Balaban J connectivity index is 1.54. The van der Waals surface area contributed by atoms with Crippen molar-refractivity contribution in [2.75, 3.05) is 17.2 Å². The second-order valence-electron chi connectivity index (χ2n) is 6.58. The first kappa shape index (κ1) is 18.4. The monoisotopic (exact) mass is 401 g/mol. The fourth-order valence-electron chi connectivity index (χ4n) is 2.64. The second-order valence-corrected chi connectivity index (χ2v) is 6.96. The van der Waals surface area contributed by atoms with Crippen molar-refractivity contribution < 1.29 is 9.53 Å². The Bertz CT molecular complexity index is 1000. The van der Waals surface area contributed by atoms with Crippen molar-refractivity contribution in [2.45, 2.75) is 38.6 Å². The van der Waals surface area contributed by atoms with Crippen molar-refractivity contribution in [2.24, 2.45) is 0 Å². The highest BCUT2D eigenvalue weighted by atomic mass is 35.5. The fourth-order valence-corrected chi connectivity index (χ4v) is 2.82. The standard InChI is InChI=1S/C18H20ClN7O2/c1-2-3-6-28-16-8-15(21-10-22-16)24-18(27)13-9-20-17-12(23-11-4-5-11)7-14(19)25-26(13)17/h7-11,23H,2-6H2,1H3,(H,21,22,24,27). The third kappa shape index (κ3) is 4.14. The normalized spacial score (nSPS) is 13.5. The molecule has 4 rings (SSSR count). The lowest BCUT2D eigenvalue weighted by Gasteiger charge is -2.08. The Morgan fingerprint density at radius 3 is 2.96 bits per heavy atom. The van der Waals surface area contributed by atoms with E-state index in [1.165, 1.54) is 17.0 Å².